The van der Waals surface area contributed by atoms with Gasteiger partial charge in [0.2, 0.25) is 0 Å². The van der Waals surface area contributed by atoms with E-state index >= 15 is 0 Å². The molecule has 0 aliphatic carbocycles. The van der Waals surface area contributed by atoms with E-state index in [1.54, 1.807) is 18.7 Å². The summed E-state index contributed by atoms with van der Waals surface area (Å²) in [6.07, 6.45) is 8.85. The number of hydrogen-bond acceptors (Lipinski definition) is 10. The molecule has 4 heterocycles. The highest BCUT2D eigenvalue weighted by atomic mass is 15.0. The van der Waals surface area contributed by atoms with Crippen LogP contribution in [0, 0.1) is 0 Å². The van der Waals surface area contributed by atoms with Gasteiger partial charge in [0, 0.05) is 74.9 Å². The first kappa shape index (κ1) is 47.4. The lowest BCUT2D eigenvalue weighted by atomic mass is 9.87. The zero-order valence-corrected chi connectivity index (χ0v) is 42.9. The molecule has 0 amide bonds. The van der Waals surface area contributed by atoms with Crippen molar-refractivity contribution in [3.05, 3.63) is 268 Å². The summed E-state index contributed by atoms with van der Waals surface area (Å²) in [7, 11) is 0. The van der Waals surface area contributed by atoms with Gasteiger partial charge >= 0.3 is 0 Å². The molecule has 0 fully saturated rings. The Morgan fingerprint density at radius 3 is 1.21 bits per heavy atom. The standard InChI is InChI=1S/C70H44N10/c1-4-16-48(17-5-1)64-75-65(49-18-6-2-7-19-49)77-67(76-64)51-31-27-46(28-32-51)62-58(55-42-71-44-72-43-55)37-38-59-56(25-13-26-60(59)62)53-22-12-23-54(41-53)69-79-66(50-20-8-3-9-21-50)78-68(80-69)52-33-29-47(30-34-52)63-57-24-11-10-15-45(57)35-36-61(63)70-73-39-14-40-74-70/h1-44H. The van der Waals surface area contributed by atoms with E-state index in [-0.39, 0.29) is 0 Å². The van der Waals surface area contributed by atoms with Crippen molar-refractivity contribution in [1.82, 2.24) is 49.8 Å². The summed E-state index contributed by atoms with van der Waals surface area (Å²) in [6.45, 7) is 0. The lowest BCUT2D eigenvalue weighted by Crippen LogP contribution is -2.00. The fourth-order valence-corrected chi connectivity index (χ4v) is 10.5. The van der Waals surface area contributed by atoms with Crippen molar-refractivity contribution in [3.8, 4) is 124 Å². The fourth-order valence-electron chi connectivity index (χ4n) is 10.5. The van der Waals surface area contributed by atoms with Crippen LogP contribution in [0.3, 0.4) is 0 Å². The SMILES string of the molecule is c1ccc(-c2nc(-c3ccccc3)nc(-c3ccc(-c4c(-c5cncnc5)ccc5c(-c6cccc(-c7nc(-c8ccccc8)nc(-c8ccc(-c9c(-c%10ncccn%10)ccc%10ccccc9%10)cc8)n7)c6)cccc45)cc3)n2)cc1. The van der Waals surface area contributed by atoms with Crippen molar-refractivity contribution in [1.29, 1.82) is 0 Å². The first-order chi connectivity index (χ1) is 39.6. The van der Waals surface area contributed by atoms with E-state index in [0.29, 0.717) is 40.8 Å². The molecule has 10 heteroatoms. The molecule has 0 aliphatic rings. The summed E-state index contributed by atoms with van der Waals surface area (Å²) in [4.78, 5) is 48.6. The molecule has 374 valence electrons. The summed E-state index contributed by atoms with van der Waals surface area (Å²) < 4.78 is 0. The third-order valence-corrected chi connectivity index (χ3v) is 14.3. The monoisotopic (exact) mass is 1020 g/mol. The Bertz CT molecular complexity index is 4490. The second kappa shape index (κ2) is 20.8. The van der Waals surface area contributed by atoms with E-state index < -0.39 is 0 Å². The number of fused-ring (bicyclic) bond motifs is 2. The topological polar surface area (TPSA) is 129 Å². The Hall–Kier alpha value is -11.1. The minimum Gasteiger partial charge on any atom is -0.244 e. The second-order valence-corrected chi connectivity index (χ2v) is 19.2. The first-order valence-corrected chi connectivity index (χ1v) is 26.3. The molecule has 0 radical (unpaired) electrons. The summed E-state index contributed by atoms with van der Waals surface area (Å²) in [6, 6.07) is 80.9. The Kier molecular flexibility index (Phi) is 12.3. The number of aromatic nitrogens is 10. The molecule has 14 aromatic rings. The maximum Gasteiger partial charge on any atom is 0.164 e. The van der Waals surface area contributed by atoms with Crippen molar-refractivity contribution in [2.24, 2.45) is 0 Å². The van der Waals surface area contributed by atoms with Crippen LogP contribution in [-0.2, 0) is 0 Å². The van der Waals surface area contributed by atoms with Crippen molar-refractivity contribution < 1.29 is 0 Å². The summed E-state index contributed by atoms with van der Waals surface area (Å²) in [5.41, 5.74) is 14.5. The molecular formula is C70H44N10. The quantitative estimate of drug-likeness (QED) is 0.123. The van der Waals surface area contributed by atoms with Gasteiger partial charge in [-0.2, -0.15) is 0 Å². The average molecular weight is 1030 g/mol. The van der Waals surface area contributed by atoms with Gasteiger partial charge in [0.1, 0.15) is 6.33 Å². The van der Waals surface area contributed by atoms with E-state index in [2.05, 4.69) is 159 Å². The van der Waals surface area contributed by atoms with Crippen molar-refractivity contribution in [2.75, 3.05) is 0 Å². The van der Waals surface area contributed by atoms with Gasteiger partial charge in [0.25, 0.3) is 0 Å². The Morgan fingerprint density at radius 2 is 0.650 bits per heavy atom. The van der Waals surface area contributed by atoms with E-state index in [9.17, 15) is 0 Å². The predicted molar refractivity (Wildman–Crippen MR) is 319 cm³/mol. The lowest BCUT2D eigenvalue weighted by Gasteiger charge is -2.17. The highest BCUT2D eigenvalue weighted by Gasteiger charge is 2.20. The molecule has 14 rings (SSSR count). The van der Waals surface area contributed by atoms with Gasteiger partial charge in [-0.3, -0.25) is 0 Å². The zero-order chi connectivity index (χ0) is 53.2. The van der Waals surface area contributed by atoms with Gasteiger partial charge in [-0.05, 0) is 73.1 Å². The fraction of sp³-hybridized carbons (Fsp3) is 0. The van der Waals surface area contributed by atoms with E-state index in [4.69, 9.17) is 29.9 Å². The third-order valence-electron chi connectivity index (χ3n) is 14.3. The van der Waals surface area contributed by atoms with Crippen LogP contribution >= 0.6 is 0 Å². The van der Waals surface area contributed by atoms with Crippen LogP contribution in [0.5, 0.6) is 0 Å². The highest BCUT2D eigenvalue weighted by Crippen LogP contribution is 2.43. The Balaban J connectivity index is 0.854. The molecule has 80 heavy (non-hydrogen) atoms. The highest BCUT2D eigenvalue weighted by molar-refractivity contribution is 6.09. The molecule has 0 saturated carbocycles. The normalized spacial score (nSPS) is 11.2. The van der Waals surface area contributed by atoms with Crippen LogP contribution in [-0.4, -0.2) is 49.8 Å². The largest absolute Gasteiger partial charge is 0.244 e. The number of rotatable bonds is 11. The van der Waals surface area contributed by atoms with Crippen molar-refractivity contribution in [2.45, 2.75) is 0 Å². The van der Waals surface area contributed by atoms with Crippen molar-refractivity contribution >= 4 is 21.5 Å². The molecule has 0 spiro atoms. The second-order valence-electron chi connectivity index (χ2n) is 19.2. The van der Waals surface area contributed by atoms with Crippen LogP contribution in [0.15, 0.2) is 268 Å². The molecule has 4 aromatic heterocycles. The van der Waals surface area contributed by atoms with Crippen LogP contribution in [0.25, 0.3) is 146 Å². The number of hydrogen-bond donors (Lipinski definition) is 0. The van der Waals surface area contributed by atoms with Gasteiger partial charge in [0.05, 0.1) is 0 Å². The zero-order valence-electron chi connectivity index (χ0n) is 42.9. The van der Waals surface area contributed by atoms with Crippen LogP contribution in [0.1, 0.15) is 0 Å². The van der Waals surface area contributed by atoms with Crippen LogP contribution in [0.2, 0.25) is 0 Å². The van der Waals surface area contributed by atoms with Gasteiger partial charge in [0.15, 0.2) is 40.8 Å². The molecule has 0 N–H and O–H groups in total. The maximum absolute atomic E-state index is 5.22. The van der Waals surface area contributed by atoms with Gasteiger partial charge in [-0.1, -0.05) is 218 Å². The smallest absolute Gasteiger partial charge is 0.164 e. The van der Waals surface area contributed by atoms with E-state index in [0.717, 1.165) is 105 Å². The molecule has 0 saturated heterocycles. The third kappa shape index (κ3) is 9.18. The molecule has 0 aliphatic heterocycles. The van der Waals surface area contributed by atoms with Gasteiger partial charge in [-0.15, -0.1) is 0 Å². The summed E-state index contributed by atoms with van der Waals surface area (Å²) >= 11 is 0. The van der Waals surface area contributed by atoms with Crippen molar-refractivity contribution in [3.63, 3.8) is 0 Å². The van der Waals surface area contributed by atoms with Crippen LogP contribution in [0.4, 0.5) is 0 Å². The Morgan fingerprint density at radius 1 is 0.225 bits per heavy atom. The lowest BCUT2D eigenvalue weighted by molar-refractivity contribution is 1.07. The maximum atomic E-state index is 5.22. The molecule has 10 aromatic carbocycles. The molecule has 0 bridgehead atoms. The molecule has 10 nitrogen and oxygen atoms in total. The van der Waals surface area contributed by atoms with E-state index in [1.807, 2.05) is 109 Å². The van der Waals surface area contributed by atoms with Crippen LogP contribution < -0.4 is 0 Å². The minimum atomic E-state index is 0.565. The average Bonchev–Trinajstić information content (AvgIpc) is 3.66. The van der Waals surface area contributed by atoms with Gasteiger partial charge in [-0.25, -0.2) is 49.8 Å². The minimum absolute atomic E-state index is 0.565. The molecular weight excluding hydrogens is 981 g/mol. The van der Waals surface area contributed by atoms with E-state index in [1.165, 1.54) is 0 Å². The number of nitrogens with zero attached hydrogens (tertiary/aromatic N) is 10. The summed E-state index contributed by atoms with van der Waals surface area (Å²) in [5, 5.41) is 4.41. The first-order valence-electron chi connectivity index (χ1n) is 26.3. The predicted octanol–water partition coefficient (Wildman–Crippen LogP) is 16.3. The number of benzene rings is 10. The molecule has 0 unspecified atom stereocenters. The summed E-state index contributed by atoms with van der Waals surface area (Å²) in [5.74, 6) is 4.20. The Labute approximate surface area is 461 Å². The van der Waals surface area contributed by atoms with Gasteiger partial charge < -0.3 is 0 Å². The molecule has 0 atom stereocenters.